The molecule has 0 bridgehead atoms. The molecule has 3 aromatic rings. The molecular formula is C15H12ClN3O2S. The number of halogens is 1. The molecule has 0 saturated carbocycles. The zero-order chi connectivity index (χ0) is 15.7. The van der Waals surface area contributed by atoms with Crippen LogP contribution >= 0.6 is 22.9 Å². The normalized spacial score (nSPS) is 10.8. The summed E-state index contributed by atoms with van der Waals surface area (Å²) < 4.78 is 0. The standard InChI is InChI=1S/C15H12ClN3O2S/c1-8-2-4-9(5-3-8)10-7-22-14-12(10)13(17-6-11(20)21)18-15(16)19-14/h2-5,7H,6H2,1H3,(H,20,21)(H,17,18,19). The molecule has 22 heavy (non-hydrogen) atoms. The van der Waals surface area contributed by atoms with E-state index in [0.717, 1.165) is 21.3 Å². The van der Waals surface area contributed by atoms with E-state index in [1.807, 2.05) is 36.6 Å². The van der Waals surface area contributed by atoms with Crippen molar-refractivity contribution in [2.45, 2.75) is 6.92 Å². The number of hydrogen-bond acceptors (Lipinski definition) is 5. The van der Waals surface area contributed by atoms with Gasteiger partial charge in [-0.25, -0.2) is 9.97 Å². The number of aliphatic carboxylic acids is 1. The maximum Gasteiger partial charge on any atom is 0.322 e. The van der Waals surface area contributed by atoms with E-state index < -0.39 is 5.97 Å². The molecule has 0 saturated heterocycles. The molecule has 0 aliphatic carbocycles. The molecule has 1 aromatic carbocycles. The summed E-state index contributed by atoms with van der Waals surface area (Å²) in [6.07, 6.45) is 0. The zero-order valence-corrected chi connectivity index (χ0v) is 13.2. The Morgan fingerprint density at radius 3 is 2.73 bits per heavy atom. The Balaban J connectivity index is 2.15. The van der Waals surface area contributed by atoms with Crippen molar-refractivity contribution < 1.29 is 9.90 Å². The smallest absolute Gasteiger partial charge is 0.322 e. The highest BCUT2D eigenvalue weighted by Crippen LogP contribution is 2.37. The quantitative estimate of drug-likeness (QED) is 0.710. The Bertz CT molecular complexity index is 846. The monoisotopic (exact) mass is 333 g/mol. The fourth-order valence-electron chi connectivity index (χ4n) is 2.15. The summed E-state index contributed by atoms with van der Waals surface area (Å²) in [6, 6.07) is 8.10. The number of nitrogens with zero attached hydrogens (tertiary/aromatic N) is 2. The minimum Gasteiger partial charge on any atom is -0.480 e. The minimum atomic E-state index is -0.963. The highest BCUT2D eigenvalue weighted by atomic mass is 35.5. The SMILES string of the molecule is Cc1ccc(-c2csc3nc(Cl)nc(NCC(=O)O)c23)cc1. The predicted octanol–water partition coefficient (Wildman–Crippen LogP) is 3.82. The van der Waals surface area contributed by atoms with Gasteiger partial charge in [0.1, 0.15) is 17.2 Å². The summed E-state index contributed by atoms with van der Waals surface area (Å²) >= 11 is 7.36. The van der Waals surface area contributed by atoms with Crippen molar-refractivity contribution in [3.63, 3.8) is 0 Å². The van der Waals surface area contributed by atoms with Gasteiger partial charge in [-0.15, -0.1) is 11.3 Å². The van der Waals surface area contributed by atoms with E-state index >= 15 is 0 Å². The van der Waals surface area contributed by atoms with Crippen LogP contribution in [0.2, 0.25) is 5.28 Å². The van der Waals surface area contributed by atoms with Crippen LogP contribution < -0.4 is 5.32 Å². The summed E-state index contributed by atoms with van der Waals surface area (Å²) in [5, 5.41) is 14.5. The number of nitrogens with one attached hydrogen (secondary N) is 1. The average molecular weight is 334 g/mol. The van der Waals surface area contributed by atoms with Crippen molar-refractivity contribution in [1.82, 2.24) is 9.97 Å². The van der Waals surface area contributed by atoms with E-state index in [9.17, 15) is 4.79 Å². The number of fused-ring (bicyclic) bond motifs is 1. The Morgan fingerprint density at radius 2 is 2.05 bits per heavy atom. The second kappa shape index (κ2) is 5.90. The Kier molecular flexibility index (Phi) is 3.96. The number of carbonyl (C=O) groups is 1. The number of thiophene rings is 1. The van der Waals surface area contributed by atoms with Crippen molar-refractivity contribution in [3.05, 3.63) is 40.5 Å². The molecule has 7 heteroatoms. The molecule has 0 fully saturated rings. The fraction of sp³-hybridized carbons (Fsp3) is 0.133. The fourth-order valence-corrected chi connectivity index (χ4v) is 3.31. The van der Waals surface area contributed by atoms with Gasteiger partial charge in [0, 0.05) is 10.9 Å². The van der Waals surface area contributed by atoms with Crippen molar-refractivity contribution in [1.29, 1.82) is 0 Å². The van der Waals surface area contributed by atoms with Crippen LogP contribution in [0.25, 0.3) is 21.3 Å². The van der Waals surface area contributed by atoms with Crippen molar-refractivity contribution in [2.24, 2.45) is 0 Å². The molecule has 0 aliphatic rings. The number of aromatic nitrogens is 2. The predicted molar refractivity (Wildman–Crippen MR) is 88.7 cm³/mol. The number of carboxylic acids is 1. The molecule has 0 aliphatic heterocycles. The van der Waals surface area contributed by atoms with Gasteiger partial charge in [0.2, 0.25) is 5.28 Å². The molecule has 2 N–H and O–H groups in total. The van der Waals surface area contributed by atoms with Crippen LogP contribution in [-0.2, 0) is 4.79 Å². The molecule has 0 atom stereocenters. The summed E-state index contributed by atoms with van der Waals surface area (Å²) in [4.78, 5) is 19.9. The maximum atomic E-state index is 10.8. The lowest BCUT2D eigenvalue weighted by molar-refractivity contribution is -0.134. The lowest BCUT2D eigenvalue weighted by Crippen LogP contribution is -2.13. The highest BCUT2D eigenvalue weighted by Gasteiger charge is 2.15. The van der Waals surface area contributed by atoms with Gasteiger partial charge < -0.3 is 10.4 Å². The van der Waals surface area contributed by atoms with Gasteiger partial charge in [-0.1, -0.05) is 29.8 Å². The summed E-state index contributed by atoms with van der Waals surface area (Å²) in [6.45, 7) is 1.80. The maximum absolute atomic E-state index is 10.8. The lowest BCUT2D eigenvalue weighted by atomic mass is 10.0. The summed E-state index contributed by atoms with van der Waals surface area (Å²) in [7, 11) is 0. The molecule has 0 amide bonds. The topological polar surface area (TPSA) is 75.1 Å². The Labute approximate surface area is 135 Å². The molecular weight excluding hydrogens is 322 g/mol. The lowest BCUT2D eigenvalue weighted by Gasteiger charge is -2.07. The van der Waals surface area contributed by atoms with Crippen LogP contribution in [0.4, 0.5) is 5.82 Å². The third-order valence-electron chi connectivity index (χ3n) is 3.18. The van der Waals surface area contributed by atoms with Crippen LogP contribution in [0.5, 0.6) is 0 Å². The molecule has 112 valence electrons. The van der Waals surface area contributed by atoms with E-state index in [1.54, 1.807) is 0 Å². The third kappa shape index (κ3) is 2.88. The second-order valence-electron chi connectivity index (χ2n) is 4.78. The van der Waals surface area contributed by atoms with Gasteiger partial charge in [-0.05, 0) is 24.1 Å². The molecule has 2 heterocycles. The van der Waals surface area contributed by atoms with Gasteiger partial charge in [0.25, 0.3) is 0 Å². The minimum absolute atomic E-state index is 0.0951. The Morgan fingerprint density at radius 1 is 1.32 bits per heavy atom. The van der Waals surface area contributed by atoms with Crippen LogP contribution in [0, 0.1) is 6.92 Å². The van der Waals surface area contributed by atoms with Crippen LogP contribution in [-0.4, -0.2) is 27.6 Å². The van der Waals surface area contributed by atoms with Gasteiger partial charge in [-0.2, -0.15) is 0 Å². The molecule has 0 radical (unpaired) electrons. The highest BCUT2D eigenvalue weighted by molar-refractivity contribution is 7.17. The largest absolute Gasteiger partial charge is 0.480 e. The molecule has 0 unspecified atom stereocenters. The van der Waals surface area contributed by atoms with E-state index in [2.05, 4.69) is 15.3 Å². The van der Waals surface area contributed by atoms with E-state index in [0.29, 0.717) is 5.82 Å². The van der Waals surface area contributed by atoms with Crippen molar-refractivity contribution in [2.75, 3.05) is 11.9 Å². The van der Waals surface area contributed by atoms with Gasteiger partial charge in [0.05, 0.1) is 5.39 Å². The van der Waals surface area contributed by atoms with E-state index in [-0.39, 0.29) is 11.8 Å². The van der Waals surface area contributed by atoms with Gasteiger partial charge >= 0.3 is 5.97 Å². The molecule has 5 nitrogen and oxygen atoms in total. The first kappa shape index (κ1) is 14.7. The average Bonchev–Trinajstić information content (AvgIpc) is 2.89. The van der Waals surface area contributed by atoms with Crippen LogP contribution in [0.3, 0.4) is 0 Å². The summed E-state index contributed by atoms with van der Waals surface area (Å²) in [5.74, 6) is -0.524. The number of carboxylic acid groups (broad SMARTS) is 1. The van der Waals surface area contributed by atoms with Gasteiger partial charge in [0.15, 0.2) is 0 Å². The number of hydrogen-bond donors (Lipinski definition) is 2. The number of benzene rings is 1. The number of anilines is 1. The first-order valence-electron chi connectivity index (χ1n) is 6.52. The molecule has 3 rings (SSSR count). The first-order chi connectivity index (χ1) is 10.5. The first-order valence-corrected chi connectivity index (χ1v) is 7.78. The number of aryl methyl sites for hydroxylation is 1. The molecule has 0 spiro atoms. The van der Waals surface area contributed by atoms with Crippen molar-refractivity contribution >= 4 is 44.9 Å². The molecule has 2 aromatic heterocycles. The third-order valence-corrected chi connectivity index (χ3v) is 4.22. The number of rotatable bonds is 4. The second-order valence-corrected chi connectivity index (χ2v) is 5.98. The van der Waals surface area contributed by atoms with Gasteiger partial charge in [-0.3, -0.25) is 4.79 Å². The van der Waals surface area contributed by atoms with E-state index in [4.69, 9.17) is 16.7 Å². The zero-order valence-electron chi connectivity index (χ0n) is 11.6. The Hall–Kier alpha value is -2.18. The van der Waals surface area contributed by atoms with Crippen molar-refractivity contribution in [3.8, 4) is 11.1 Å². The van der Waals surface area contributed by atoms with E-state index in [1.165, 1.54) is 16.9 Å². The van der Waals surface area contributed by atoms with Crippen LogP contribution in [0.15, 0.2) is 29.6 Å². The van der Waals surface area contributed by atoms with Crippen LogP contribution in [0.1, 0.15) is 5.56 Å². The summed E-state index contributed by atoms with van der Waals surface area (Å²) in [5.41, 5.74) is 3.16.